The van der Waals surface area contributed by atoms with Gasteiger partial charge >= 0.3 is 0 Å². The molecule has 0 atom stereocenters. The molecule has 1 aliphatic heterocycles. The first-order valence-electron chi connectivity index (χ1n) is 8.47. The van der Waals surface area contributed by atoms with E-state index >= 15 is 0 Å². The van der Waals surface area contributed by atoms with E-state index in [4.69, 9.17) is 9.47 Å². The quantitative estimate of drug-likeness (QED) is 0.919. The summed E-state index contributed by atoms with van der Waals surface area (Å²) in [6, 6.07) is 7.95. The number of benzene rings is 1. The maximum atomic E-state index is 12.6. The van der Waals surface area contributed by atoms with Gasteiger partial charge in [-0.2, -0.15) is 5.26 Å². The summed E-state index contributed by atoms with van der Waals surface area (Å²) < 4.78 is 11.2. The molecule has 0 aromatic heterocycles. The summed E-state index contributed by atoms with van der Waals surface area (Å²) in [5, 5.41) is 12.7. The highest BCUT2D eigenvalue weighted by Crippen LogP contribution is 2.37. The number of hydrogen-bond donors (Lipinski definition) is 1. The molecular formula is C18H23N3O3. The van der Waals surface area contributed by atoms with Gasteiger partial charge in [0.15, 0.2) is 11.5 Å². The summed E-state index contributed by atoms with van der Waals surface area (Å²) in [5.41, 5.74) is 0.0795. The highest BCUT2D eigenvalue weighted by atomic mass is 16.6. The first-order valence-corrected chi connectivity index (χ1v) is 8.47. The maximum absolute atomic E-state index is 12.6. The molecule has 3 rings (SSSR count). The second kappa shape index (κ2) is 7.00. The zero-order valence-corrected chi connectivity index (χ0v) is 14.0. The van der Waals surface area contributed by atoms with E-state index in [2.05, 4.69) is 11.4 Å². The third-order valence-electron chi connectivity index (χ3n) is 4.90. The number of fused-ring (bicyclic) bond motifs is 1. The van der Waals surface area contributed by atoms with Crippen LogP contribution in [0, 0.1) is 11.3 Å². The van der Waals surface area contributed by atoms with Gasteiger partial charge in [-0.15, -0.1) is 0 Å². The van der Waals surface area contributed by atoms with E-state index in [1.165, 1.54) is 0 Å². The van der Waals surface area contributed by atoms with Gasteiger partial charge in [-0.25, -0.2) is 0 Å². The van der Waals surface area contributed by atoms with Crippen LogP contribution in [0.1, 0.15) is 32.1 Å². The van der Waals surface area contributed by atoms with Crippen LogP contribution in [0.15, 0.2) is 18.2 Å². The number of hydrogen-bond acceptors (Lipinski definition) is 5. The Morgan fingerprint density at radius 1 is 1.29 bits per heavy atom. The van der Waals surface area contributed by atoms with E-state index in [1.54, 1.807) is 11.9 Å². The molecule has 0 radical (unpaired) electrons. The standard InChI is InChI=1S/C18H23N3O3/c1-21(18(13-19)8-3-2-4-9-18)16(22)12-20-14-6-5-7-15-17(14)24-11-10-23-15/h5-7,20H,2-4,8-12H2,1H3. The number of carbonyl (C=O) groups is 1. The van der Waals surface area contributed by atoms with Crippen LogP contribution in [0.4, 0.5) is 5.69 Å². The Balaban J connectivity index is 1.66. The van der Waals surface area contributed by atoms with Gasteiger partial charge in [0.25, 0.3) is 0 Å². The van der Waals surface area contributed by atoms with Crippen molar-refractivity contribution in [1.82, 2.24) is 4.90 Å². The Hall–Kier alpha value is -2.42. The van der Waals surface area contributed by atoms with E-state index < -0.39 is 5.54 Å². The van der Waals surface area contributed by atoms with Gasteiger partial charge in [0, 0.05) is 7.05 Å². The fourth-order valence-corrected chi connectivity index (χ4v) is 3.40. The lowest BCUT2D eigenvalue weighted by Gasteiger charge is -2.39. The van der Waals surface area contributed by atoms with Crippen LogP contribution in [-0.2, 0) is 4.79 Å². The van der Waals surface area contributed by atoms with Crippen LogP contribution in [0.2, 0.25) is 0 Å². The zero-order chi connectivity index (χ0) is 17.0. The van der Waals surface area contributed by atoms with Crippen molar-refractivity contribution in [3.8, 4) is 17.6 Å². The van der Waals surface area contributed by atoms with Crippen LogP contribution >= 0.6 is 0 Å². The van der Waals surface area contributed by atoms with E-state index in [9.17, 15) is 10.1 Å². The number of ether oxygens (including phenoxy) is 2. The smallest absolute Gasteiger partial charge is 0.242 e. The molecule has 1 aromatic rings. The van der Waals surface area contributed by atoms with Crippen molar-refractivity contribution in [3.63, 3.8) is 0 Å². The lowest BCUT2D eigenvalue weighted by Crippen LogP contribution is -2.51. The van der Waals surface area contributed by atoms with Crippen LogP contribution in [-0.4, -0.2) is 43.2 Å². The number of nitrogens with one attached hydrogen (secondary N) is 1. The number of nitriles is 1. The molecule has 0 spiro atoms. The molecule has 0 unspecified atom stereocenters. The molecule has 2 aliphatic rings. The van der Waals surface area contributed by atoms with Crippen molar-refractivity contribution in [1.29, 1.82) is 5.26 Å². The van der Waals surface area contributed by atoms with E-state index in [0.29, 0.717) is 24.7 Å². The lowest BCUT2D eigenvalue weighted by molar-refractivity contribution is -0.132. The van der Waals surface area contributed by atoms with Crippen LogP contribution in [0.5, 0.6) is 11.5 Å². The second-order valence-electron chi connectivity index (χ2n) is 6.34. The number of likely N-dealkylation sites (N-methyl/N-ethyl adjacent to an activating group) is 1. The minimum Gasteiger partial charge on any atom is -0.486 e. The summed E-state index contributed by atoms with van der Waals surface area (Å²) in [6.45, 7) is 1.15. The molecule has 1 aromatic carbocycles. The first-order chi connectivity index (χ1) is 11.7. The zero-order valence-electron chi connectivity index (χ0n) is 14.0. The molecule has 6 nitrogen and oxygen atoms in total. The van der Waals surface area contributed by atoms with Gasteiger partial charge in [0.2, 0.25) is 5.91 Å². The monoisotopic (exact) mass is 329 g/mol. The predicted octanol–water partition coefficient (Wildman–Crippen LogP) is 2.55. The molecule has 6 heteroatoms. The summed E-state index contributed by atoms with van der Waals surface area (Å²) in [4.78, 5) is 14.2. The van der Waals surface area contributed by atoms with Crippen LogP contribution in [0.3, 0.4) is 0 Å². The number of rotatable bonds is 4. The van der Waals surface area contributed by atoms with Crippen LogP contribution in [0.25, 0.3) is 0 Å². The molecule has 1 amide bonds. The highest BCUT2D eigenvalue weighted by Gasteiger charge is 2.38. The molecule has 1 heterocycles. The fraction of sp³-hybridized carbons (Fsp3) is 0.556. The van der Waals surface area contributed by atoms with Gasteiger partial charge in [-0.05, 0) is 25.0 Å². The van der Waals surface area contributed by atoms with Crippen molar-refractivity contribution in [3.05, 3.63) is 18.2 Å². The molecule has 1 saturated carbocycles. The summed E-state index contributed by atoms with van der Waals surface area (Å²) >= 11 is 0. The Bertz CT molecular complexity index is 647. The predicted molar refractivity (Wildman–Crippen MR) is 90.1 cm³/mol. The summed E-state index contributed by atoms with van der Waals surface area (Å²) in [7, 11) is 1.73. The molecule has 1 N–H and O–H groups in total. The lowest BCUT2D eigenvalue weighted by atomic mass is 9.81. The number of nitrogens with zero attached hydrogens (tertiary/aromatic N) is 2. The van der Waals surface area contributed by atoms with Gasteiger partial charge in [-0.1, -0.05) is 25.3 Å². The average molecular weight is 329 g/mol. The molecule has 24 heavy (non-hydrogen) atoms. The maximum Gasteiger partial charge on any atom is 0.242 e. The van der Waals surface area contributed by atoms with Crippen molar-refractivity contribution < 1.29 is 14.3 Å². The topological polar surface area (TPSA) is 74.6 Å². The SMILES string of the molecule is CN(C(=O)CNc1cccc2c1OCCO2)C1(C#N)CCCCC1. The van der Waals surface area contributed by atoms with Crippen molar-refractivity contribution >= 4 is 11.6 Å². The average Bonchev–Trinajstić information content (AvgIpc) is 2.66. The van der Waals surface area contributed by atoms with E-state index in [1.807, 2.05) is 18.2 Å². The normalized spacial score (nSPS) is 18.3. The number of anilines is 1. The Morgan fingerprint density at radius 3 is 2.79 bits per heavy atom. The largest absolute Gasteiger partial charge is 0.486 e. The van der Waals surface area contributed by atoms with Crippen LogP contribution < -0.4 is 14.8 Å². The van der Waals surface area contributed by atoms with Gasteiger partial charge in [0.1, 0.15) is 18.8 Å². The van der Waals surface area contributed by atoms with Crippen molar-refractivity contribution in [2.75, 3.05) is 32.1 Å². The Morgan fingerprint density at radius 2 is 2.04 bits per heavy atom. The minimum absolute atomic E-state index is 0.0900. The van der Waals surface area contributed by atoms with Gasteiger partial charge < -0.3 is 19.7 Å². The molecule has 0 bridgehead atoms. The molecule has 1 fully saturated rings. The molecule has 0 saturated heterocycles. The van der Waals surface area contributed by atoms with Gasteiger partial charge in [-0.3, -0.25) is 4.79 Å². The fourth-order valence-electron chi connectivity index (χ4n) is 3.40. The van der Waals surface area contributed by atoms with E-state index in [-0.39, 0.29) is 12.5 Å². The molecule has 1 aliphatic carbocycles. The number of carbonyl (C=O) groups excluding carboxylic acids is 1. The Labute approximate surface area is 142 Å². The number of para-hydroxylation sites is 1. The Kier molecular flexibility index (Phi) is 4.79. The summed E-state index contributed by atoms with van der Waals surface area (Å²) in [6.07, 6.45) is 4.63. The molecule has 128 valence electrons. The summed E-state index contributed by atoms with van der Waals surface area (Å²) in [5.74, 6) is 1.24. The first kappa shape index (κ1) is 16.4. The third-order valence-corrected chi connectivity index (χ3v) is 4.90. The highest BCUT2D eigenvalue weighted by molar-refractivity contribution is 5.82. The van der Waals surface area contributed by atoms with Crippen molar-refractivity contribution in [2.24, 2.45) is 0 Å². The second-order valence-corrected chi connectivity index (χ2v) is 6.34. The van der Waals surface area contributed by atoms with E-state index in [0.717, 1.165) is 37.8 Å². The third kappa shape index (κ3) is 3.12. The van der Waals surface area contributed by atoms with Crippen molar-refractivity contribution in [2.45, 2.75) is 37.6 Å². The van der Waals surface area contributed by atoms with Gasteiger partial charge in [0.05, 0.1) is 18.3 Å². The number of amides is 1. The minimum atomic E-state index is -0.660. The molecular weight excluding hydrogens is 306 g/mol.